The molecule has 0 heterocycles. The molecule has 0 saturated heterocycles. The van der Waals surface area contributed by atoms with Crippen molar-refractivity contribution >= 4 is 15.9 Å². The lowest BCUT2D eigenvalue weighted by Gasteiger charge is -2.17. The minimum Gasteiger partial charge on any atom is -0.326 e. The highest BCUT2D eigenvalue weighted by molar-refractivity contribution is 9.10. The molecule has 14 heavy (non-hydrogen) atoms. The Morgan fingerprint density at radius 3 is 2.57 bits per heavy atom. The summed E-state index contributed by atoms with van der Waals surface area (Å²) in [5.41, 5.74) is 7.14. The molecule has 0 aliphatic carbocycles. The molecule has 2 N–H and O–H groups in total. The number of nitrogens with two attached hydrogens (primary N) is 1. The third-order valence-electron chi connectivity index (χ3n) is 2.19. The fourth-order valence-electron chi connectivity index (χ4n) is 1.19. The first-order valence-electron chi connectivity index (χ1n) is 4.41. The van der Waals surface area contributed by atoms with Gasteiger partial charge in [-0.1, -0.05) is 22.0 Å². The molecule has 0 saturated carbocycles. The van der Waals surface area contributed by atoms with Crippen LogP contribution in [0.15, 0.2) is 22.7 Å². The lowest BCUT2D eigenvalue weighted by Crippen LogP contribution is -2.14. The Kier molecular flexibility index (Phi) is 3.30. The van der Waals surface area contributed by atoms with Crippen molar-refractivity contribution < 1.29 is 0 Å². The zero-order chi connectivity index (χ0) is 10.8. The van der Waals surface area contributed by atoms with Crippen molar-refractivity contribution in [2.75, 3.05) is 0 Å². The van der Waals surface area contributed by atoms with Crippen LogP contribution in [0, 0.1) is 11.3 Å². The Hall–Kier alpha value is -0.850. The van der Waals surface area contributed by atoms with E-state index in [0.29, 0.717) is 6.54 Å². The van der Waals surface area contributed by atoms with E-state index >= 15 is 0 Å². The maximum absolute atomic E-state index is 9.01. The first-order chi connectivity index (χ1) is 6.49. The Labute approximate surface area is 92.9 Å². The highest BCUT2D eigenvalue weighted by Gasteiger charge is 2.20. The van der Waals surface area contributed by atoms with Gasteiger partial charge in [-0.15, -0.1) is 0 Å². The summed E-state index contributed by atoms with van der Waals surface area (Å²) in [7, 11) is 0. The molecule has 74 valence electrons. The molecule has 0 aliphatic rings. The molecule has 1 rings (SSSR count). The molecular formula is C11H13BrN2. The van der Waals surface area contributed by atoms with Crippen LogP contribution in [-0.4, -0.2) is 0 Å². The van der Waals surface area contributed by atoms with Gasteiger partial charge in [-0.25, -0.2) is 0 Å². The maximum atomic E-state index is 9.01. The molecule has 0 aliphatic heterocycles. The van der Waals surface area contributed by atoms with Crippen LogP contribution < -0.4 is 5.73 Å². The average Bonchev–Trinajstić information content (AvgIpc) is 2.16. The van der Waals surface area contributed by atoms with Crippen LogP contribution in [0.25, 0.3) is 0 Å². The molecule has 0 bridgehead atoms. The van der Waals surface area contributed by atoms with Crippen molar-refractivity contribution in [3.63, 3.8) is 0 Å². The molecule has 0 spiro atoms. The van der Waals surface area contributed by atoms with Gasteiger partial charge >= 0.3 is 0 Å². The second-order valence-electron chi connectivity index (χ2n) is 3.79. The first-order valence-corrected chi connectivity index (χ1v) is 5.20. The zero-order valence-electron chi connectivity index (χ0n) is 8.34. The monoisotopic (exact) mass is 252 g/mol. The summed E-state index contributed by atoms with van der Waals surface area (Å²) in [4.78, 5) is 0. The summed E-state index contributed by atoms with van der Waals surface area (Å²) in [6, 6.07) is 8.18. The molecular weight excluding hydrogens is 240 g/mol. The number of nitriles is 1. The van der Waals surface area contributed by atoms with E-state index in [1.807, 2.05) is 32.0 Å². The van der Waals surface area contributed by atoms with Gasteiger partial charge in [0.05, 0.1) is 11.5 Å². The zero-order valence-corrected chi connectivity index (χ0v) is 9.93. The van der Waals surface area contributed by atoms with Crippen molar-refractivity contribution in [3.8, 4) is 6.07 Å². The molecule has 0 atom stereocenters. The average molecular weight is 253 g/mol. The number of benzene rings is 1. The molecule has 1 aromatic rings. The lowest BCUT2D eigenvalue weighted by atomic mass is 9.85. The van der Waals surface area contributed by atoms with Gasteiger partial charge in [0.15, 0.2) is 0 Å². The van der Waals surface area contributed by atoms with Crippen LogP contribution >= 0.6 is 15.9 Å². The third kappa shape index (κ3) is 2.34. The number of nitrogens with zero attached hydrogens (tertiary/aromatic N) is 1. The lowest BCUT2D eigenvalue weighted by molar-refractivity contribution is 0.684. The highest BCUT2D eigenvalue weighted by Crippen LogP contribution is 2.26. The largest absolute Gasteiger partial charge is 0.326 e. The Morgan fingerprint density at radius 1 is 1.43 bits per heavy atom. The van der Waals surface area contributed by atoms with Gasteiger partial charge in [-0.3, -0.25) is 0 Å². The van der Waals surface area contributed by atoms with Crippen molar-refractivity contribution in [2.45, 2.75) is 25.8 Å². The van der Waals surface area contributed by atoms with E-state index in [2.05, 4.69) is 22.0 Å². The Morgan fingerprint density at radius 2 is 2.07 bits per heavy atom. The van der Waals surface area contributed by atoms with Gasteiger partial charge in [0.25, 0.3) is 0 Å². The molecule has 0 radical (unpaired) electrons. The van der Waals surface area contributed by atoms with Crippen LogP contribution in [0.3, 0.4) is 0 Å². The predicted octanol–water partition coefficient (Wildman–Crippen LogP) is 2.71. The van der Waals surface area contributed by atoms with Crippen molar-refractivity contribution in [1.29, 1.82) is 5.26 Å². The Bertz CT molecular complexity index is 377. The smallest absolute Gasteiger partial charge is 0.0766 e. The molecule has 2 nitrogen and oxygen atoms in total. The number of hydrogen-bond acceptors (Lipinski definition) is 2. The minimum absolute atomic E-state index is 0.465. The van der Waals surface area contributed by atoms with E-state index in [9.17, 15) is 0 Å². The van der Waals surface area contributed by atoms with Gasteiger partial charge < -0.3 is 5.73 Å². The predicted molar refractivity (Wildman–Crippen MR) is 60.7 cm³/mol. The van der Waals surface area contributed by atoms with E-state index in [0.717, 1.165) is 15.6 Å². The van der Waals surface area contributed by atoms with Crippen LogP contribution in [-0.2, 0) is 12.0 Å². The summed E-state index contributed by atoms with van der Waals surface area (Å²) in [5.74, 6) is 0. The third-order valence-corrected chi connectivity index (χ3v) is 2.65. The molecule has 3 heteroatoms. The van der Waals surface area contributed by atoms with Gasteiger partial charge in [0.1, 0.15) is 0 Å². The quantitative estimate of drug-likeness (QED) is 0.880. The topological polar surface area (TPSA) is 49.8 Å². The SMILES string of the molecule is CC(C)(C#N)c1cc(Br)cc(CN)c1. The fourth-order valence-corrected chi connectivity index (χ4v) is 1.73. The fraction of sp³-hybridized carbons (Fsp3) is 0.364. The molecule has 0 amide bonds. The molecule has 0 fully saturated rings. The van der Waals surface area contributed by atoms with Gasteiger partial charge in [-0.2, -0.15) is 5.26 Å². The highest BCUT2D eigenvalue weighted by atomic mass is 79.9. The summed E-state index contributed by atoms with van der Waals surface area (Å²) in [6.07, 6.45) is 0. The first kappa shape index (κ1) is 11.2. The Balaban J connectivity index is 3.24. The number of hydrogen-bond donors (Lipinski definition) is 1. The second kappa shape index (κ2) is 4.12. The van der Waals surface area contributed by atoms with Crippen LogP contribution in [0.2, 0.25) is 0 Å². The van der Waals surface area contributed by atoms with Gasteiger partial charge in [-0.05, 0) is 37.1 Å². The van der Waals surface area contributed by atoms with E-state index in [4.69, 9.17) is 11.0 Å². The van der Waals surface area contributed by atoms with Gasteiger partial charge in [0.2, 0.25) is 0 Å². The van der Waals surface area contributed by atoms with E-state index in [-0.39, 0.29) is 0 Å². The van der Waals surface area contributed by atoms with Crippen LogP contribution in [0.5, 0.6) is 0 Å². The summed E-state index contributed by atoms with van der Waals surface area (Å²) in [6.45, 7) is 4.29. The van der Waals surface area contributed by atoms with Crippen LogP contribution in [0.4, 0.5) is 0 Å². The van der Waals surface area contributed by atoms with E-state index < -0.39 is 5.41 Å². The number of halogens is 1. The maximum Gasteiger partial charge on any atom is 0.0766 e. The summed E-state index contributed by atoms with van der Waals surface area (Å²) < 4.78 is 0.971. The minimum atomic E-state index is -0.465. The van der Waals surface area contributed by atoms with Crippen molar-refractivity contribution in [3.05, 3.63) is 33.8 Å². The standard InChI is InChI=1S/C11H13BrN2/c1-11(2,7-14)9-3-8(6-13)4-10(12)5-9/h3-5H,6,13H2,1-2H3. The summed E-state index contributed by atoms with van der Waals surface area (Å²) >= 11 is 3.41. The summed E-state index contributed by atoms with van der Waals surface area (Å²) in [5, 5.41) is 9.01. The van der Waals surface area contributed by atoms with Crippen molar-refractivity contribution in [1.82, 2.24) is 0 Å². The van der Waals surface area contributed by atoms with E-state index in [1.165, 1.54) is 0 Å². The van der Waals surface area contributed by atoms with Crippen molar-refractivity contribution in [2.24, 2.45) is 5.73 Å². The van der Waals surface area contributed by atoms with E-state index in [1.54, 1.807) is 0 Å². The molecule has 1 aromatic carbocycles. The normalized spacial score (nSPS) is 11.1. The second-order valence-corrected chi connectivity index (χ2v) is 4.70. The van der Waals surface area contributed by atoms with Crippen LogP contribution in [0.1, 0.15) is 25.0 Å². The molecule has 0 unspecified atom stereocenters. The van der Waals surface area contributed by atoms with Gasteiger partial charge in [0, 0.05) is 11.0 Å². The number of rotatable bonds is 2. The molecule has 0 aromatic heterocycles.